The van der Waals surface area contributed by atoms with Gasteiger partial charge in [0.15, 0.2) is 0 Å². The summed E-state index contributed by atoms with van der Waals surface area (Å²) in [6, 6.07) is -0.882. The predicted molar refractivity (Wildman–Crippen MR) is 38.9 cm³/mol. The fourth-order valence-corrected chi connectivity index (χ4v) is 0.872. The molecule has 7 heteroatoms. The van der Waals surface area contributed by atoms with Crippen LogP contribution in [0.1, 0.15) is 6.04 Å². The molecular weight excluding hydrogens is 166 g/mol. The Morgan fingerprint density at radius 3 is 1.92 bits per heavy atom. The molecule has 0 saturated carbocycles. The molecule has 1 aromatic heterocycles. The van der Waals surface area contributed by atoms with E-state index < -0.39 is 30.6 Å². The summed E-state index contributed by atoms with van der Waals surface area (Å²) in [5.41, 5.74) is -1.35. The van der Waals surface area contributed by atoms with Crippen LogP contribution in [0.15, 0.2) is 9.59 Å². The van der Waals surface area contributed by atoms with E-state index in [1.165, 1.54) is 0 Å². The quantitative estimate of drug-likeness (QED) is 0.403. The Labute approximate surface area is 66.3 Å². The zero-order valence-electron chi connectivity index (χ0n) is 6.15. The van der Waals surface area contributed by atoms with Crippen molar-refractivity contribution in [2.45, 2.75) is 6.04 Å². The second kappa shape index (κ2) is 3.37. The molecule has 0 radical (unpaired) electrons. The van der Waals surface area contributed by atoms with Gasteiger partial charge in [0.2, 0.25) is 0 Å². The summed E-state index contributed by atoms with van der Waals surface area (Å²) in [5.74, 6) is 0. The summed E-state index contributed by atoms with van der Waals surface area (Å²) < 4.78 is 0.722. The van der Waals surface area contributed by atoms with Crippen molar-refractivity contribution < 1.29 is 10.2 Å². The fraction of sp³-hybridized carbons (Fsp3) is 0.600. The third-order valence-electron chi connectivity index (χ3n) is 1.50. The first-order chi connectivity index (χ1) is 5.70. The Morgan fingerprint density at radius 2 is 1.58 bits per heavy atom. The Hall–Kier alpha value is -1.34. The van der Waals surface area contributed by atoms with Gasteiger partial charge in [-0.25, -0.2) is 24.4 Å². The highest BCUT2D eigenvalue weighted by atomic mass is 16.3. The van der Waals surface area contributed by atoms with Crippen molar-refractivity contribution in [3.8, 4) is 0 Å². The van der Waals surface area contributed by atoms with E-state index in [4.69, 9.17) is 10.2 Å². The Bertz CT molecular complexity index is 317. The maximum Gasteiger partial charge on any atom is 0.344 e. The summed E-state index contributed by atoms with van der Waals surface area (Å²) in [4.78, 5) is 21.7. The first kappa shape index (κ1) is 8.75. The van der Waals surface area contributed by atoms with Gasteiger partial charge in [-0.2, -0.15) is 0 Å². The average Bonchev–Trinajstić information content (AvgIpc) is 2.38. The number of nitrogens with zero attached hydrogens (tertiary/aromatic N) is 1. The highest BCUT2D eigenvalue weighted by Crippen LogP contribution is 1.94. The maximum absolute atomic E-state index is 10.9. The molecule has 12 heavy (non-hydrogen) atoms. The molecule has 0 aromatic carbocycles. The van der Waals surface area contributed by atoms with Crippen LogP contribution in [0, 0.1) is 0 Å². The van der Waals surface area contributed by atoms with E-state index in [-0.39, 0.29) is 0 Å². The highest BCUT2D eigenvalue weighted by molar-refractivity contribution is 4.73. The number of aromatic amines is 2. The molecule has 0 spiro atoms. The average molecular weight is 175 g/mol. The lowest BCUT2D eigenvalue weighted by atomic mass is 10.3. The molecule has 0 aliphatic carbocycles. The zero-order chi connectivity index (χ0) is 9.14. The van der Waals surface area contributed by atoms with Crippen LogP contribution in [0.2, 0.25) is 0 Å². The molecule has 68 valence electrons. The number of aromatic nitrogens is 3. The molecule has 0 amide bonds. The summed E-state index contributed by atoms with van der Waals surface area (Å²) in [7, 11) is 0. The van der Waals surface area contributed by atoms with Gasteiger partial charge in [-0.1, -0.05) is 0 Å². The number of hydrogen-bond donors (Lipinski definition) is 4. The van der Waals surface area contributed by atoms with Crippen LogP contribution in [-0.2, 0) is 0 Å². The van der Waals surface area contributed by atoms with Gasteiger partial charge in [-0.05, 0) is 0 Å². The highest BCUT2D eigenvalue weighted by Gasteiger charge is 2.13. The van der Waals surface area contributed by atoms with Crippen LogP contribution < -0.4 is 11.4 Å². The predicted octanol–water partition coefficient (Wildman–Crippen LogP) is -2.61. The molecule has 7 nitrogen and oxygen atoms in total. The Balaban J connectivity index is 3.16. The van der Waals surface area contributed by atoms with Gasteiger partial charge in [0.05, 0.1) is 19.3 Å². The number of rotatable bonds is 3. The molecule has 0 atom stereocenters. The smallest absolute Gasteiger partial charge is 0.344 e. The zero-order valence-corrected chi connectivity index (χ0v) is 6.15. The van der Waals surface area contributed by atoms with E-state index in [9.17, 15) is 9.59 Å². The van der Waals surface area contributed by atoms with Crippen LogP contribution in [0.3, 0.4) is 0 Å². The maximum atomic E-state index is 10.9. The van der Waals surface area contributed by atoms with Crippen LogP contribution >= 0.6 is 0 Å². The van der Waals surface area contributed by atoms with Crippen molar-refractivity contribution in [1.82, 2.24) is 14.8 Å². The SMILES string of the molecule is O=c1[nH][nH]c(=O)n1C(CO)CO. The van der Waals surface area contributed by atoms with E-state index in [1.807, 2.05) is 10.2 Å². The van der Waals surface area contributed by atoms with Crippen molar-refractivity contribution in [1.29, 1.82) is 0 Å². The van der Waals surface area contributed by atoms with E-state index in [0.717, 1.165) is 4.57 Å². The molecule has 1 heterocycles. The van der Waals surface area contributed by atoms with Gasteiger partial charge in [-0.15, -0.1) is 0 Å². The van der Waals surface area contributed by atoms with Crippen molar-refractivity contribution in [3.05, 3.63) is 21.0 Å². The van der Waals surface area contributed by atoms with Gasteiger partial charge >= 0.3 is 11.4 Å². The monoisotopic (exact) mass is 175 g/mol. The second-order valence-electron chi connectivity index (χ2n) is 2.25. The summed E-state index contributed by atoms with van der Waals surface area (Å²) in [6.07, 6.45) is 0. The minimum atomic E-state index is -0.882. The molecule has 0 bridgehead atoms. The van der Waals surface area contributed by atoms with Crippen molar-refractivity contribution >= 4 is 0 Å². The third-order valence-corrected chi connectivity index (χ3v) is 1.50. The Kier molecular flexibility index (Phi) is 2.46. The van der Waals surface area contributed by atoms with Crippen LogP contribution in [-0.4, -0.2) is 38.2 Å². The fourth-order valence-electron chi connectivity index (χ4n) is 0.872. The molecule has 0 unspecified atom stereocenters. The molecule has 4 N–H and O–H groups in total. The van der Waals surface area contributed by atoms with E-state index in [0.29, 0.717) is 0 Å². The van der Waals surface area contributed by atoms with Crippen LogP contribution in [0.5, 0.6) is 0 Å². The topological polar surface area (TPSA) is 111 Å². The van der Waals surface area contributed by atoms with Gasteiger partial charge in [0.1, 0.15) is 0 Å². The lowest BCUT2D eigenvalue weighted by molar-refractivity contribution is 0.150. The molecule has 0 aliphatic heterocycles. The van der Waals surface area contributed by atoms with Gasteiger partial charge in [0.25, 0.3) is 0 Å². The lowest BCUT2D eigenvalue weighted by Gasteiger charge is -2.08. The first-order valence-electron chi connectivity index (χ1n) is 3.31. The molecule has 1 rings (SSSR count). The van der Waals surface area contributed by atoms with E-state index >= 15 is 0 Å². The molecular formula is C5H9N3O4. The molecule has 0 saturated heterocycles. The van der Waals surface area contributed by atoms with Crippen LogP contribution in [0.25, 0.3) is 0 Å². The summed E-state index contributed by atoms with van der Waals surface area (Å²) >= 11 is 0. The van der Waals surface area contributed by atoms with E-state index in [1.54, 1.807) is 0 Å². The first-order valence-corrected chi connectivity index (χ1v) is 3.31. The van der Waals surface area contributed by atoms with Crippen LogP contribution in [0.4, 0.5) is 0 Å². The number of hydrogen-bond acceptors (Lipinski definition) is 4. The molecule has 0 fully saturated rings. The normalized spacial score (nSPS) is 10.9. The minimum absolute atomic E-state index is 0.461. The largest absolute Gasteiger partial charge is 0.394 e. The van der Waals surface area contributed by atoms with Gasteiger partial charge in [-0.3, -0.25) is 0 Å². The summed E-state index contributed by atoms with van der Waals surface area (Å²) in [6.45, 7) is -0.922. The van der Waals surface area contributed by atoms with Crippen molar-refractivity contribution in [2.24, 2.45) is 0 Å². The lowest BCUT2D eigenvalue weighted by Crippen LogP contribution is -2.34. The van der Waals surface area contributed by atoms with Gasteiger partial charge in [0, 0.05) is 0 Å². The van der Waals surface area contributed by atoms with Crippen molar-refractivity contribution in [2.75, 3.05) is 13.2 Å². The summed E-state index contributed by atoms with van der Waals surface area (Å²) in [5, 5.41) is 21.4. The molecule has 0 aliphatic rings. The standard InChI is InChI=1S/C5H9N3O4/c9-1-3(2-10)8-4(11)6-7-5(8)12/h3,9-10H,1-2H2,(H,6,11)(H,7,12). The minimum Gasteiger partial charge on any atom is -0.394 e. The second-order valence-corrected chi connectivity index (χ2v) is 2.25. The van der Waals surface area contributed by atoms with Crippen molar-refractivity contribution in [3.63, 3.8) is 0 Å². The molecule has 1 aromatic rings. The van der Waals surface area contributed by atoms with E-state index in [2.05, 4.69) is 0 Å². The third kappa shape index (κ3) is 1.31. The number of aliphatic hydroxyl groups excluding tert-OH is 2. The number of aliphatic hydroxyl groups is 2. The number of nitrogens with one attached hydrogen (secondary N) is 2. The van der Waals surface area contributed by atoms with Gasteiger partial charge < -0.3 is 10.2 Å². The Morgan fingerprint density at radius 1 is 1.17 bits per heavy atom. The number of H-pyrrole nitrogens is 2.